The van der Waals surface area contributed by atoms with Gasteiger partial charge in [0, 0.05) is 0 Å². The molecule has 0 aliphatic carbocycles. The van der Waals surface area contributed by atoms with Gasteiger partial charge in [-0.25, -0.2) is 0 Å². The highest BCUT2D eigenvalue weighted by molar-refractivity contribution is 5.45. The molecule has 1 aliphatic rings. The molecule has 1 fully saturated rings. The van der Waals surface area contributed by atoms with Gasteiger partial charge >= 0.3 is 0 Å². The van der Waals surface area contributed by atoms with E-state index < -0.39 is 24.3 Å². The zero-order chi connectivity index (χ0) is 32.3. The zero-order valence-electron chi connectivity index (χ0n) is 26.6. The maximum Gasteiger partial charge on any atom is 0.162 e. The Hall–Kier alpha value is -4.50. The lowest BCUT2D eigenvalue weighted by molar-refractivity contribution is -0.167. The topological polar surface area (TPSA) is 69.6 Å². The lowest BCUT2D eigenvalue weighted by Gasteiger charge is -2.27. The van der Waals surface area contributed by atoms with Gasteiger partial charge in [-0.05, 0) is 39.9 Å². The molecule has 5 aromatic rings. The van der Waals surface area contributed by atoms with Crippen molar-refractivity contribution in [2.45, 2.75) is 50.7 Å². The summed E-state index contributed by atoms with van der Waals surface area (Å²) in [5.41, 5.74) is 4.97. The van der Waals surface area contributed by atoms with Crippen LogP contribution in [0.5, 0.6) is 11.5 Å². The Balaban J connectivity index is 1.31. The fraction of sp³-hybridized carbons (Fsp3) is 0.250. The second-order valence-corrected chi connectivity index (χ2v) is 11.6. The second-order valence-electron chi connectivity index (χ2n) is 11.6. The van der Waals surface area contributed by atoms with Crippen LogP contribution in [0.4, 0.5) is 0 Å². The summed E-state index contributed by atoms with van der Waals surface area (Å²) in [6.45, 7) is 1.74. The zero-order valence-corrected chi connectivity index (χ0v) is 26.6. The Morgan fingerprint density at radius 2 is 1.04 bits per heavy atom. The summed E-state index contributed by atoms with van der Waals surface area (Å²) in [4.78, 5) is 0. The van der Waals surface area contributed by atoms with Crippen molar-refractivity contribution >= 4 is 0 Å². The first-order valence-corrected chi connectivity index (χ1v) is 15.9. The van der Waals surface area contributed by atoms with Crippen LogP contribution in [-0.4, -0.2) is 42.2 Å². The number of ether oxygens (including phenoxy) is 5. The molecule has 0 spiro atoms. The molecule has 1 heterocycles. The number of nitrogens with zero attached hydrogens (tertiary/aromatic N) is 1. The minimum absolute atomic E-state index is 0.236. The summed E-state index contributed by atoms with van der Waals surface area (Å²) in [6, 6.07) is 44.7. The van der Waals surface area contributed by atoms with Gasteiger partial charge < -0.3 is 28.9 Å². The third-order valence-electron chi connectivity index (χ3n) is 8.38. The van der Waals surface area contributed by atoms with E-state index in [1.54, 1.807) is 7.11 Å². The van der Waals surface area contributed by atoms with Gasteiger partial charge in [-0.3, -0.25) is 0 Å². The van der Waals surface area contributed by atoms with Crippen molar-refractivity contribution in [1.82, 2.24) is 5.06 Å². The summed E-state index contributed by atoms with van der Waals surface area (Å²) in [5.74, 6) is 1.18. The molecule has 242 valence electrons. The predicted molar refractivity (Wildman–Crippen MR) is 180 cm³/mol. The van der Waals surface area contributed by atoms with Gasteiger partial charge in [-0.2, -0.15) is 5.06 Å². The Morgan fingerprint density at radius 3 is 1.57 bits per heavy atom. The van der Waals surface area contributed by atoms with Crippen LogP contribution in [0.15, 0.2) is 140 Å². The summed E-state index contributed by atoms with van der Waals surface area (Å²) in [7, 11) is 1.62. The van der Waals surface area contributed by atoms with E-state index in [1.807, 2.05) is 140 Å². The van der Waals surface area contributed by atoms with Crippen molar-refractivity contribution in [1.29, 1.82) is 0 Å². The maximum atomic E-state index is 12.0. The number of hydrogen-bond acceptors (Lipinski definition) is 7. The minimum Gasteiger partial charge on any atom is -0.493 e. The Kier molecular flexibility index (Phi) is 11.3. The number of rotatable bonds is 15. The standard InChI is InChI=1S/C40H41NO6/c1-43-36-23-22-34(24-37(36)45-26-31-16-8-3-9-17-31)38-40(47-28-33-20-12-5-13-21-33)39(46-27-32-18-10-4-11-19-32)35(41(38)42)29-44-25-30-14-6-2-7-15-30/h2-24,35,38-40,42H,25-29H2,1H3/t35-,38-,39-,40-/m0/s1. The fourth-order valence-corrected chi connectivity index (χ4v) is 5.94. The Morgan fingerprint density at radius 1 is 0.553 bits per heavy atom. The maximum absolute atomic E-state index is 12.0. The van der Waals surface area contributed by atoms with Crippen molar-refractivity contribution in [3.05, 3.63) is 167 Å². The van der Waals surface area contributed by atoms with Crippen LogP contribution < -0.4 is 9.47 Å². The monoisotopic (exact) mass is 631 g/mol. The summed E-state index contributed by atoms with van der Waals surface area (Å²) >= 11 is 0. The molecule has 0 bridgehead atoms. The van der Waals surface area contributed by atoms with E-state index in [-0.39, 0.29) is 6.61 Å². The quantitative estimate of drug-likeness (QED) is 0.127. The van der Waals surface area contributed by atoms with E-state index in [0.29, 0.717) is 37.9 Å². The van der Waals surface area contributed by atoms with Crippen molar-refractivity contribution in [3.8, 4) is 11.5 Å². The molecule has 1 aliphatic heterocycles. The van der Waals surface area contributed by atoms with Gasteiger partial charge in [-0.15, -0.1) is 0 Å². The van der Waals surface area contributed by atoms with Crippen molar-refractivity contribution in [2.75, 3.05) is 13.7 Å². The molecular weight excluding hydrogens is 590 g/mol. The lowest BCUT2D eigenvalue weighted by atomic mass is 9.99. The lowest BCUT2D eigenvalue weighted by Crippen LogP contribution is -2.40. The molecule has 1 N–H and O–H groups in total. The SMILES string of the molecule is COc1ccc([C@H]2[C@H](OCc3ccccc3)[C@@H](OCc3ccccc3)[C@H](COCc3ccccc3)N2O)cc1OCc1ccccc1. The molecule has 0 unspecified atom stereocenters. The highest BCUT2D eigenvalue weighted by Gasteiger charge is 2.51. The number of benzene rings is 5. The largest absolute Gasteiger partial charge is 0.493 e. The molecule has 7 nitrogen and oxygen atoms in total. The summed E-state index contributed by atoms with van der Waals surface area (Å²) < 4.78 is 31.5. The van der Waals surface area contributed by atoms with Crippen LogP contribution in [0, 0.1) is 0 Å². The first-order valence-electron chi connectivity index (χ1n) is 15.9. The Bertz CT molecular complexity index is 1640. The highest BCUT2D eigenvalue weighted by Crippen LogP contribution is 2.42. The van der Waals surface area contributed by atoms with Gasteiger partial charge in [0.15, 0.2) is 11.5 Å². The van der Waals surface area contributed by atoms with E-state index in [9.17, 15) is 5.21 Å². The summed E-state index contributed by atoms with van der Waals surface area (Å²) in [5, 5.41) is 13.3. The molecule has 47 heavy (non-hydrogen) atoms. The number of hydrogen-bond donors (Lipinski definition) is 1. The smallest absolute Gasteiger partial charge is 0.162 e. The average molecular weight is 632 g/mol. The van der Waals surface area contributed by atoms with E-state index in [0.717, 1.165) is 27.8 Å². The van der Waals surface area contributed by atoms with E-state index >= 15 is 0 Å². The van der Waals surface area contributed by atoms with Crippen LogP contribution in [-0.2, 0) is 40.6 Å². The second kappa shape index (κ2) is 16.4. The molecule has 6 rings (SSSR count). The molecule has 7 heteroatoms. The van der Waals surface area contributed by atoms with Gasteiger partial charge in [0.05, 0.1) is 45.6 Å². The highest BCUT2D eigenvalue weighted by atomic mass is 16.6. The molecule has 0 radical (unpaired) electrons. The van der Waals surface area contributed by atoms with Gasteiger partial charge in [-0.1, -0.05) is 127 Å². The molecule has 4 atom stereocenters. The van der Waals surface area contributed by atoms with Crippen LogP contribution >= 0.6 is 0 Å². The molecule has 0 amide bonds. The van der Waals surface area contributed by atoms with E-state index in [2.05, 4.69) is 0 Å². The predicted octanol–water partition coefficient (Wildman–Crippen LogP) is 7.78. The minimum atomic E-state index is -0.574. The normalized spacial score (nSPS) is 19.4. The third kappa shape index (κ3) is 8.46. The molecule has 0 saturated carbocycles. The first kappa shape index (κ1) is 32.4. The van der Waals surface area contributed by atoms with Crippen LogP contribution in [0.2, 0.25) is 0 Å². The third-order valence-corrected chi connectivity index (χ3v) is 8.38. The van der Waals surface area contributed by atoms with Crippen molar-refractivity contribution in [2.24, 2.45) is 0 Å². The Labute approximate surface area is 276 Å². The van der Waals surface area contributed by atoms with Crippen LogP contribution in [0.1, 0.15) is 33.9 Å². The van der Waals surface area contributed by atoms with Gasteiger partial charge in [0.1, 0.15) is 18.8 Å². The molecular formula is C40H41NO6. The van der Waals surface area contributed by atoms with Gasteiger partial charge in [0.25, 0.3) is 0 Å². The molecule has 0 aromatic heterocycles. The van der Waals surface area contributed by atoms with Crippen molar-refractivity contribution in [3.63, 3.8) is 0 Å². The number of hydroxylamine groups is 2. The van der Waals surface area contributed by atoms with Crippen LogP contribution in [0.25, 0.3) is 0 Å². The first-order chi connectivity index (χ1) is 23.2. The van der Waals surface area contributed by atoms with Gasteiger partial charge in [0.2, 0.25) is 0 Å². The molecule has 5 aromatic carbocycles. The fourth-order valence-electron chi connectivity index (χ4n) is 5.94. The van der Waals surface area contributed by atoms with E-state index in [1.165, 1.54) is 5.06 Å². The summed E-state index contributed by atoms with van der Waals surface area (Å²) in [6.07, 6.45) is -1.05. The van der Waals surface area contributed by atoms with Crippen LogP contribution in [0.3, 0.4) is 0 Å². The van der Waals surface area contributed by atoms with Crippen molar-refractivity contribution < 1.29 is 28.9 Å². The number of methoxy groups -OCH3 is 1. The van der Waals surface area contributed by atoms with E-state index in [4.69, 9.17) is 23.7 Å². The molecule has 1 saturated heterocycles. The average Bonchev–Trinajstić information content (AvgIpc) is 3.40.